The number of fused-ring (bicyclic) bond motifs is 3. The Labute approximate surface area is 176 Å². The van der Waals surface area contributed by atoms with Gasteiger partial charge in [-0.3, -0.25) is 0 Å². The molecule has 7 rings (SSSR count). The number of rotatable bonds is 1. The van der Waals surface area contributed by atoms with E-state index < -0.39 is 0 Å². The first-order chi connectivity index (χ1) is 12.0. The van der Waals surface area contributed by atoms with Crippen LogP contribution in [0.15, 0.2) is 42.5 Å². The Morgan fingerprint density at radius 3 is 2.11 bits per heavy atom. The SMILES string of the molecule is CC12CC3CC(C)(C1)CC(c1cccc4c1Cc1ccccc1-4)(C3)C2.Cl.Cl. The molecule has 2 atom stereocenters. The summed E-state index contributed by atoms with van der Waals surface area (Å²) in [5.41, 5.74) is 9.56. The normalized spacial score (nSPS) is 37.2. The molecule has 2 unspecified atom stereocenters. The highest BCUT2D eigenvalue weighted by atomic mass is 35.5. The Morgan fingerprint density at radius 2 is 1.41 bits per heavy atom. The van der Waals surface area contributed by atoms with Crippen LogP contribution in [0, 0.1) is 16.7 Å². The van der Waals surface area contributed by atoms with Crippen LogP contribution in [0.25, 0.3) is 11.1 Å². The minimum absolute atomic E-state index is 0. The predicted octanol–water partition coefficient (Wildman–Crippen LogP) is 7.35. The molecule has 4 bridgehead atoms. The molecule has 0 radical (unpaired) electrons. The van der Waals surface area contributed by atoms with Crippen LogP contribution >= 0.6 is 24.8 Å². The van der Waals surface area contributed by atoms with Crippen LogP contribution in [0.3, 0.4) is 0 Å². The third-order valence-electron chi connectivity index (χ3n) is 8.05. The first kappa shape index (κ1) is 19.3. The second-order valence-corrected chi connectivity index (χ2v) is 10.6. The average molecular weight is 401 g/mol. The van der Waals surface area contributed by atoms with E-state index in [0.717, 1.165) is 12.3 Å². The molecule has 4 fully saturated rings. The Balaban J connectivity index is 0.000000900. The molecule has 27 heavy (non-hydrogen) atoms. The van der Waals surface area contributed by atoms with Gasteiger partial charge in [0.05, 0.1) is 0 Å². The van der Waals surface area contributed by atoms with Crippen molar-refractivity contribution in [1.29, 1.82) is 0 Å². The molecule has 5 aliphatic carbocycles. The van der Waals surface area contributed by atoms with E-state index in [1.54, 1.807) is 11.1 Å². The maximum atomic E-state index is 2.60. The van der Waals surface area contributed by atoms with E-state index in [1.807, 2.05) is 0 Å². The van der Waals surface area contributed by atoms with Gasteiger partial charge in [-0.2, -0.15) is 0 Å². The van der Waals surface area contributed by atoms with Gasteiger partial charge in [-0.05, 0) is 94.9 Å². The highest BCUT2D eigenvalue weighted by Gasteiger charge is 2.60. The van der Waals surface area contributed by atoms with E-state index in [4.69, 9.17) is 0 Å². The first-order valence-electron chi connectivity index (χ1n) is 10.2. The van der Waals surface area contributed by atoms with E-state index >= 15 is 0 Å². The van der Waals surface area contributed by atoms with Gasteiger partial charge < -0.3 is 0 Å². The second kappa shape index (κ2) is 6.01. The summed E-state index contributed by atoms with van der Waals surface area (Å²) in [4.78, 5) is 0. The second-order valence-electron chi connectivity index (χ2n) is 10.6. The van der Waals surface area contributed by atoms with E-state index in [-0.39, 0.29) is 24.8 Å². The molecule has 0 amide bonds. The van der Waals surface area contributed by atoms with Crippen LogP contribution in [0.5, 0.6) is 0 Å². The molecule has 0 heterocycles. The number of hydrogen-bond acceptors (Lipinski definition) is 0. The third-order valence-corrected chi connectivity index (χ3v) is 8.05. The van der Waals surface area contributed by atoms with Crippen molar-refractivity contribution in [3.8, 4) is 11.1 Å². The minimum Gasteiger partial charge on any atom is -0.147 e. The van der Waals surface area contributed by atoms with Gasteiger partial charge in [0.15, 0.2) is 0 Å². The van der Waals surface area contributed by atoms with Crippen molar-refractivity contribution >= 4 is 24.8 Å². The van der Waals surface area contributed by atoms with Gasteiger partial charge in [0.1, 0.15) is 0 Å². The summed E-state index contributed by atoms with van der Waals surface area (Å²) in [6, 6.07) is 16.3. The summed E-state index contributed by atoms with van der Waals surface area (Å²) in [5.74, 6) is 0.964. The molecule has 0 aromatic heterocycles. The summed E-state index contributed by atoms with van der Waals surface area (Å²) in [5, 5.41) is 0. The summed E-state index contributed by atoms with van der Waals surface area (Å²) < 4.78 is 0. The summed E-state index contributed by atoms with van der Waals surface area (Å²) in [6.45, 7) is 5.20. The molecule has 0 aliphatic heterocycles. The molecule has 2 aromatic carbocycles. The van der Waals surface area contributed by atoms with Crippen molar-refractivity contribution in [3.63, 3.8) is 0 Å². The van der Waals surface area contributed by atoms with E-state index in [1.165, 1.54) is 55.2 Å². The van der Waals surface area contributed by atoms with Crippen molar-refractivity contribution in [2.75, 3.05) is 0 Å². The highest BCUT2D eigenvalue weighted by molar-refractivity contribution is 5.85. The first-order valence-corrected chi connectivity index (χ1v) is 10.2. The molecule has 0 saturated heterocycles. The number of halogens is 2. The molecule has 0 spiro atoms. The summed E-state index contributed by atoms with van der Waals surface area (Å²) >= 11 is 0. The fraction of sp³-hybridized carbons (Fsp3) is 0.520. The van der Waals surface area contributed by atoms with Gasteiger partial charge in [0.2, 0.25) is 0 Å². The number of hydrogen-bond donors (Lipinski definition) is 0. The lowest BCUT2D eigenvalue weighted by Crippen LogP contribution is -2.57. The van der Waals surface area contributed by atoms with Gasteiger partial charge >= 0.3 is 0 Å². The number of benzene rings is 2. The van der Waals surface area contributed by atoms with Gasteiger partial charge in [-0.25, -0.2) is 0 Å². The third kappa shape index (κ3) is 2.63. The van der Waals surface area contributed by atoms with Crippen LogP contribution in [0.1, 0.15) is 69.1 Å². The van der Waals surface area contributed by atoms with Crippen molar-refractivity contribution in [2.24, 2.45) is 16.7 Å². The average Bonchev–Trinajstić information content (AvgIpc) is 2.89. The molecule has 0 N–H and O–H groups in total. The van der Waals surface area contributed by atoms with Gasteiger partial charge in [0, 0.05) is 0 Å². The Morgan fingerprint density at radius 1 is 0.741 bits per heavy atom. The Kier molecular flexibility index (Phi) is 4.30. The molecule has 0 nitrogen and oxygen atoms in total. The largest absolute Gasteiger partial charge is 0.147 e. The Bertz CT molecular complexity index is 881. The monoisotopic (exact) mass is 400 g/mol. The van der Waals surface area contributed by atoms with Crippen molar-refractivity contribution in [1.82, 2.24) is 0 Å². The molecule has 2 heteroatoms. The molecule has 144 valence electrons. The molecular formula is C25H30Cl2. The Hall–Kier alpha value is -0.980. The maximum absolute atomic E-state index is 2.60. The molecular weight excluding hydrogens is 371 g/mol. The molecule has 4 saturated carbocycles. The lowest BCUT2D eigenvalue weighted by atomic mass is 9.39. The highest BCUT2D eigenvalue weighted by Crippen LogP contribution is 2.70. The van der Waals surface area contributed by atoms with Crippen LogP contribution in [0.2, 0.25) is 0 Å². The van der Waals surface area contributed by atoms with E-state index in [9.17, 15) is 0 Å². The fourth-order valence-corrected chi connectivity index (χ4v) is 8.40. The minimum atomic E-state index is 0. The molecule has 2 aromatic rings. The van der Waals surface area contributed by atoms with Crippen LogP contribution in [-0.2, 0) is 11.8 Å². The summed E-state index contributed by atoms with van der Waals surface area (Å²) in [6.07, 6.45) is 9.90. The van der Waals surface area contributed by atoms with E-state index in [0.29, 0.717) is 16.2 Å². The quantitative estimate of drug-likeness (QED) is 0.400. The van der Waals surface area contributed by atoms with E-state index in [2.05, 4.69) is 56.3 Å². The standard InChI is InChI=1S/C25H28.2ClH/c1-23-11-17-12-24(2,14-23)16-25(13-17,15-23)22-9-5-8-20-19-7-4-3-6-18(19)10-21(20)22;;/h3-9,17H,10-16H2,1-2H3;2*1H. The maximum Gasteiger partial charge on any atom is -0.00105 e. The van der Waals surface area contributed by atoms with Gasteiger partial charge in [0.25, 0.3) is 0 Å². The van der Waals surface area contributed by atoms with Gasteiger partial charge in [-0.1, -0.05) is 56.3 Å². The molecule has 5 aliphatic rings. The summed E-state index contributed by atoms with van der Waals surface area (Å²) in [7, 11) is 0. The zero-order valence-electron chi connectivity index (χ0n) is 16.4. The fourth-order valence-electron chi connectivity index (χ4n) is 8.40. The van der Waals surface area contributed by atoms with Crippen LogP contribution in [0.4, 0.5) is 0 Å². The van der Waals surface area contributed by atoms with Crippen molar-refractivity contribution in [2.45, 2.75) is 64.2 Å². The van der Waals surface area contributed by atoms with Crippen molar-refractivity contribution in [3.05, 3.63) is 59.2 Å². The smallest absolute Gasteiger partial charge is 0.00105 e. The topological polar surface area (TPSA) is 0 Å². The lowest BCUT2D eigenvalue weighted by Gasteiger charge is -2.66. The zero-order chi connectivity index (χ0) is 16.9. The van der Waals surface area contributed by atoms with Crippen LogP contribution in [-0.4, -0.2) is 0 Å². The van der Waals surface area contributed by atoms with Crippen molar-refractivity contribution < 1.29 is 0 Å². The lowest BCUT2D eigenvalue weighted by molar-refractivity contribution is -0.110. The zero-order valence-corrected chi connectivity index (χ0v) is 18.0. The van der Waals surface area contributed by atoms with Gasteiger partial charge in [-0.15, -0.1) is 24.8 Å². The van der Waals surface area contributed by atoms with Crippen LogP contribution < -0.4 is 0 Å². The predicted molar refractivity (Wildman–Crippen MR) is 118 cm³/mol.